The zero-order chi connectivity index (χ0) is 13.0. The quantitative estimate of drug-likeness (QED) is 0.794. The second kappa shape index (κ2) is 5.75. The molecular formula is C10H10Cl2N2O3. The summed E-state index contributed by atoms with van der Waals surface area (Å²) in [4.78, 5) is 22.0. The van der Waals surface area contributed by atoms with Gasteiger partial charge in [-0.15, -0.1) is 0 Å². The molecule has 0 aliphatic rings. The van der Waals surface area contributed by atoms with Crippen LogP contribution in [-0.2, 0) is 0 Å². The van der Waals surface area contributed by atoms with Gasteiger partial charge in [0.25, 0.3) is 0 Å². The number of nitrogens with one attached hydrogen (secondary N) is 2. The van der Waals surface area contributed by atoms with Crippen molar-refractivity contribution < 1.29 is 14.7 Å². The van der Waals surface area contributed by atoms with Crippen LogP contribution in [0.1, 0.15) is 17.3 Å². The van der Waals surface area contributed by atoms with Gasteiger partial charge in [0, 0.05) is 6.54 Å². The van der Waals surface area contributed by atoms with Crippen molar-refractivity contribution in [1.82, 2.24) is 5.32 Å². The first-order chi connectivity index (χ1) is 7.95. The molecule has 0 saturated carbocycles. The molecule has 0 aliphatic carbocycles. The lowest BCUT2D eigenvalue weighted by Gasteiger charge is -2.10. The molecule has 7 heteroatoms. The number of benzene rings is 1. The standard InChI is InChI=1S/C10H10Cl2N2O3/c1-2-13-10(17)14-8-6(11)3-5(9(15)16)4-7(8)12/h3-4H,2H2,1H3,(H,15,16)(H2,13,14,17). The minimum absolute atomic E-state index is 0.0403. The molecule has 0 aliphatic heterocycles. The van der Waals surface area contributed by atoms with Gasteiger partial charge < -0.3 is 15.7 Å². The maximum atomic E-state index is 11.3. The molecular weight excluding hydrogens is 267 g/mol. The van der Waals surface area contributed by atoms with Gasteiger partial charge >= 0.3 is 12.0 Å². The molecule has 0 spiro atoms. The van der Waals surface area contributed by atoms with E-state index in [1.165, 1.54) is 12.1 Å². The number of aromatic carboxylic acids is 1. The molecule has 5 nitrogen and oxygen atoms in total. The first-order valence-corrected chi connectivity index (χ1v) is 5.48. The Labute approximate surface area is 108 Å². The minimum Gasteiger partial charge on any atom is -0.478 e. The SMILES string of the molecule is CCNC(=O)Nc1c(Cl)cc(C(=O)O)cc1Cl. The molecule has 0 atom stereocenters. The average Bonchev–Trinajstić information content (AvgIpc) is 2.23. The van der Waals surface area contributed by atoms with E-state index in [2.05, 4.69) is 10.6 Å². The number of anilines is 1. The highest BCUT2D eigenvalue weighted by molar-refractivity contribution is 6.40. The molecule has 0 radical (unpaired) electrons. The van der Waals surface area contributed by atoms with Crippen molar-refractivity contribution in [1.29, 1.82) is 0 Å². The van der Waals surface area contributed by atoms with Crippen molar-refractivity contribution in [3.8, 4) is 0 Å². The van der Waals surface area contributed by atoms with Gasteiger partial charge in [0.2, 0.25) is 0 Å². The molecule has 0 unspecified atom stereocenters. The smallest absolute Gasteiger partial charge is 0.335 e. The predicted molar refractivity (Wildman–Crippen MR) is 66.1 cm³/mol. The first-order valence-electron chi connectivity index (χ1n) is 4.73. The van der Waals surface area contributed by atoms with Crippen LogP contribution >= 0.6 is 23.2 Å². The fraction of sp³-hybridized carbons (Fsp3) is 0.200. The van der Waals surface area contributed by atoms with E-state index in [1.807, 2.05) is 0 Å². The summed E-state index contributed by atoms with van der Waals surface area (Å²) in [6.45, 7) is 2.21. The lowest BCUT2D eigenvalue weighted by molar-refractivity contribution is 0.0697. The molecule has 92 valence electrons. The van der Waals surface area contributed by atoms with Gasteiger partial charge in [-0.05, 0) is 19.1 Å². The summed E-state index contributed by atoms with van der Waals surface area (Å²) < 4.78 is 0. The second-order valence-corrected chi connectivity index (χ2v) is 3.92. The molecule has 0 saturated heterocycles. The maximum Gasteiger partial charge on any atom is 0.335 e. The van der Waals surface area contributed by atoms with Crippen molar-refractivity contribution in [3.05, 3.63) is 27.7 Å². The van der Waals surface area contributed by atoms with Gasteiger partial charge in [0.1, 0.15) is 0 Å². The van der Waals surface area contributed by atoms with E-state index in [4.69, 9.17) is 28.3 Å². The molecule has 1 aromatic carbocycles. The van der Waals surface area contributed by atoms with E-state index < -0.39 is 12.0 Å². The molecule has 0 heterocycles. The summed E-state index contributed by atoms with van der Waals surface area (Å²) in [5.74, 6) is -1.14. The van der Waals surface area contributed by atoms with E-state index in [9.17, 15) is 9.59 Å². The van der Waals surface area contributed by atoms with Crippen LogP contribution in [0.25, 0.3) is 0 Å². The number of rotatable bonds is 3. The van der Waals surface area contributed by atoms with E-state index in [-0.39, 0.29) is 21.3 Å². The molecule has 17 heavy (non-hydrogen) atoms. The summed E-state index contributed by atoms with van der Waals surface area (Å²) in [7, 11) is 0. The van der Waals surface area contributed by atoms with Gasteiger partial charge in [-0.2, -0.15) is 0 Å². The highest BCUT2D eigenvalue weighted by atomic mass is 35.5. The van der Waals surface area contributed by atoms with Crippen molar-refractivity contribution >= 4 is 40.9 Å². The van der Waals surface area contributed by atoms with Crippen LogP contribution < -0.4 is 10.6 Å². The number of urea groups is 1. The highest BCUT2D eigenvalue weighted by Crippen LogP contribution is 2.31. The van der Waals surface area contributed by atoms with Crippen LogP contribution in [0.15, 0.2) is 12.1 Å². The topological polar surface area (TPSA) is 78.4 Å². The third-order valence-electron chi connectivity index (χ3n) is 1.86. The number of halogens is 2. The summed E-state index contributed by atoms with van der Waals surface area (Å²) in [5, 5.41) is 13.9. The van der Waals surface area contributed by atoms with E-state index in [1.54, 1.807) is 6.92 Å². The Kier molecular flexibility index (Phi) is 4.60. The fourth-order valence-corrected chi connectivity index (χ4v) is 1.72. The number of carboxylic acid groups (broad SMARTS) is 1. The Morgan fingerprint density at radius 2 is 1.82 bits per heavy atom. The zero-order valence-corrected chi connectivity index (χ0v) is 10.4. The Hall–Kier alpha value is -1.46. The number of hydrogen-bond acceptors (Lipinski definition) is 2. The van der Waals surface area contributed by atoms with Gasteiger partial charge in [-0.1, -0.05) is 23.2 Å². The molecule has 3 N–H and O–H groups in total. The molecule has 2 amide bonds. The zero-order valence-electron chi connectivity index (χ0n) is 8.88. The Morgan fingerprint density at radius 1 is 1.29 bits per heavy atom. The van der Waals surface area contributed by atoms with Gasteiger partial charge in [0.15, 0.2) is 0 Å². The molecule has 0 bridgehead atoms. The third-order valence-corrected chi connectivity index (χ3v) is 2.46. The molecule has 1 aromatic rings. The predicted octanol–water partition coefficient (Wildman–Crippen LogP) is 2.83. The lowest BCUT2D eigenvalue weighted by Crippen LogP contribution is -2.28. The van der Waals surface area contributed by atoms with Crippen molar-refractivity contribution in [2.24, 2.45) is 0 Å². The number of hydrogen-bond donors (Lipinski definition) is 3. The average molecular weight is 277 g/mol. The first kappa shape index (κ1) is 13.6. The van der Waals surface area contributed by atoms with Crippen LogP contribution in [0, 0.1) is 0 Å². The summed E-state index contributed by atoms with van der Waals surface area (Å²) in [6, 6.07) is 1.98. The summed E-state index contributed by atoms with van der Waals surface area (Å²) in [6.07, 6.45) is 0. The molecule has 0 aromatic heterocycles. The monoisotopic (exact) mass is 276 g/mol. The number of carbonyl (C=O) groups is 2. The van der Waals surface area contributed by atoms with Crippen molar-refractivity contribution in [2.75, 3.05) is 11.9 Å². The van der Waals surface area contributed by atoms with E-state index >= 15 is 0 Å². The maximum absolute atomic E-state index is 11.3. The number of amides is 2. The van der Waals surface area contributed by atoms with Gasteiger partial charge in [-0.3, -0.25) is 0 Å². The van der Waals surface area contributed by atoms with Gasteiger partial charge in [-0.25, -0.2) is 9.59 Å². The second-order valence-electron chi connectivity index (χ2n) is 3.10. The number of carboxylic acids is 1. The van der Waals surface area contributed by atoms with Gasteiger partial charge in [0.05, 0.1) is 21.3 Å². The lowest BCUT2D eigenvalue weighted by atomic mass is 10.2. The normalized spacial score (nSPS) is 9.82. The Morgan fingerprint density at radius 3 is 2.24 bits per heavy atom. The van der Waals surface area contributed by atoms with Crippen molar-refractivity contribution in [3.63, 3.8) is 0 Å². The minimum atomic E-state index is -1.14. The van der Waals surface area contributed by atoms with Crippen LogP contribution in [0.4, 0.5) is 10.5 Å². The van der Waals surface area contributed by atoms with Crippen LogP contribution in [0.3, 0.4) is 0 Å². The van der Waals surface area contributed by atoms with Crippen molar-refractivity contribution in [2.45, 2.75) is 6.92 Å². The van der Waals surface area contributed by atoms with Crippen LogP contribution in [0.2, 0.25) is 10.0 Å². The largest absolute Gasteiger partial charge is 0.478 e. The summed E-state index contributed by atoms with van der Waals surface area (Å²) >= 11 is 11.7. The van der Waals surface area contributed by atoms with Crippen LogP contribution in [-0.4, -0.2) is 23.7 Å². The Balaban J connectivity index is 3.01. The third kappa shape index (κ3) is 3.51. The van der Waals surface area contributed by atoms with E-state index in [0.29, 0.717) is 6.54 Å². The van der Waals surface area contributed by atoms with Crippen LogP contribution in [0.5, 0.6) is 0 Å². The summed E-state index contributed by atoms with van der Waals surface area (Å²) in [5.41, 5.74) is 0.144. The number of carbonyl (C=O) groups excluding carboxylic acids is 1. The highest BCUT2D eigenvalue weighted by Gasteiger charge is 2.13. The van der Waals surface area contributed by atoms with E-state index in [0.717, 1.165) is 0 Å². The molecule has 1 rings (SSSR count). The fourth-order valence-electron chi connectivity index (χ4n) is 1.13. The molecule has 0 fully saturated rings. The Bertz CT molecular complexity index is 440.